The fourth-order valence-electron chi connectivity index (χ4n) is 2.31. The van der Waals surface area contributed by atoms with Crippen molar-refractivity contribution in [1.82, 2.24) is 4.72 Å². The van der Waals surface area contributed by atoms with Crippen LogP contribution >= 0.6 is 11.6 Å². The zero-order valence-corrected chi connectivity index (χ0v) is 17.3. The zero-order chi connectivity index (χ0) is 21.6. The third kappa shape index (κ3) is 6.52. The van der Waals surface area contributed by atoms with Crippen LogP contribution in [0.4, 0.5) is 10.1 Å². The Morgan fingerprint density at radius 3 is 2.31 bits per heavy atom. The van der Waals surface area contributed by atoms with Crippen LogP contribution in [0.2, 0.25) is 5.02 Å². The van der Waals surface area contributed by atoms with Crippen molar-refractivity contribution in [2.24, 2.45) is 5.92 Å². The van der Waals surface area contributed by atoms with Crippen LogP contribution in [0.25, 0.3) is 0 Å². The molecule has 0 bridgehead atoms. The average molecular weight is 443 g/mol. The molecule has 0 aliphatic heterocycles. The fourth-order valence-corrected chi connectivity index (χ4v) is 3.84. The van der Waals surface area contributed by atoms with Gasteiger partial charge >= 0.3 is 5.97 Å². The number of rotatable bonds is 8. The summed E-state index contributed by atoms with van der Waals surface area (Å²) in [4.78, 5) is 23.7. The van der Waals surface area contributed by atoms with E-state index in [1.165, 1.54) is 12.1 Å². The quantitative estimate of drug-likeness (QED) is 0.612. The summed E-state index contributed by atoms with van der Waals surface area (Å²) in [6.07, 6.45) is 0. The predicted molar refractivity (Wildman–Crippen MR) is 106 cm³/mol. The summed E-state index contributed by atoms with van der Waals surface area (Å²) in [5.74, 6) is -3.02. The molecule has 0 saturated carbocycles. The summed E-state index contributed by atoms with van der Waals surface area (Å²) in [7, 11) is -4.31. The lowest BCUT2D eigenvalue weighted by Crippen LogP contribution is -2.46. The monoisotopic (exact) mass is 442 g/mol. The molecule has 0 fully saturated rings. The number of amides is 1. The van der Waals surface area contributed by atoms with Crippen molar-refractivity contribution in [3.05, 3.63) is 59.4 Å². The maximum absolute atomic E-state index is 13.8. The first-order chi connectivity index (χ1) is 13.6. The maximum Gasteiger partial charge on any atom is 0.324 e. The molecular weight excluding hydrogens is 423 g/mol. The molecule has 0 aliphatic rings. The molecule has 10 heteroatoms. The molecule has 1 atom stereocenters. The van der Waals surface area contributed by atoms with E-state index in [9.17, 15) is 22.4 Å². The Labute approximate surface area is 173 Å². The highest BCUT2D eigenvalue weighted by molar-refractivity contribution is 7.89. The van der Waals surface area contributed by atoms with Crippen LogP contribution in [0.15, 0.2) is 53.4 Å². The van der Waals surface area contributed by atoms with Crippen LogP contribution in [0, 0.1) is 11.7 Å². The number of nitrogens with one attached hydrogen (secondary N) is 2. The lowest BCUT2D eigenvalue weighted by molar-refractivity contribution is -0.150. The number of sulfonamides is 1. The number of ether oxygens (including phenoxy) is 1. The normalized spacial score (nSPS) is 12.4. The van der Waals surface area contributed by atoms with E-state index in [2.05, 4.69) is 10.0 Å². The average Bonchev–Trinajstić information content (AvgIpc) is 2.66. The second-order valence-corrected chi connectivity index (χ2v) is 8.56. The minimum atomic E-state index is -4.31. The molecule has 0 aromatic heterocycles. The van der Waals surface area contributed by atoms with Gasteiger partial charge in [0.2, 0.25) is 10.0 Å². The van der Waals surface area contributed by atoms with Gasteiger partial charge in [-0.2, -0.15) is 4.72 Å². The molecular formula is C19H20ClFN2O5S. The van der Waals surface area contributed by atoms with Crippen molar-refractivity contribution in [1.29, 1.82) is 0 Å². The zero-order valence-electron chi connectivity index (χ0n) is 15.7. The Hall–Kier alpha value is -2.49. The largest absolute Gasteiger partial charge is 0.454 e. The molecule has 156 valence electrons. The van der Waals surface area contributed by atoms with Gasteiger partial charge in [0, 0.05) is 10.7 Å². The number of benzene rings is 2. The first-order valence-electron chi connectivity index (χ1n) is 8.59. The SMILES string of the molecule is CC(C)C(NS(=O)(=O)c1ccccc1F)C(=O)OCC(=O)Nc1ccc(Cl)cc1. The maximum atomic E-state index is 13.8. The highest BCUT2D eigenvalue weighted by atomic mass is 35.5. The minimum absolute atomic E-state index is 0.455. The van der Waals surface area contributed by atoms with Gasteiger partial charge in [0.05, 0.1) is 0 Å². The van der Waals surface area contributed by atoms with Crippen molar-refractivity contribution in [3.8, 4) is 0 Å². The van der Waals surface area contributed by atoms with Crippen LogP contribution in [-0.4, -0.2) is 32.9 Å². The van der Waals surface area contributed by atoms with Gasteiger partial charge in [-0.05, 0) is 42.3 Å². The molecule has 2 aromatic rings. The number of hydrogen-bond donors (Lipinski definition) is 2. The lowest BCUT2D eigenvalue weighted by atomic mass is 10.1. The molecule has 0 heterocycles. The van der Waals surface area contributed by atoms with Gasteiger partial charge in [-0.1, -0.05) is 37.6 Å². The molecule has 0 aliphatic carbocycles. The molecule has 2 N–H and O–H groups in total. The van der Waals surface area contributed by atoms with Crippen molar-refractivity contribution in [3.63, 3.8) is 0 Å². The second-order valence-electron chi connectivity index (χ2n) is 6.44. The van der Waals surface area contributed by atoms with Gasteiger partial charge in [0.15, 0.2) is 6.61 Å². The number of halogens is 2. The van der Waals surface area contributed by atoms with Crippen molar-refractivity contribution < 1.29 is 27.1 Å². The van der Waals surface area contributed by atoms with Crippen molar-refractivity contribution >= 4 is 39.2 Å². The summed E-state index contributed by atoms with van der Waals surface area (Å²) in [5, 5.41) is 3.01. The third-order valence-corrected chi connectivity index (χ3v) is 5.53. The molecule has 7 nitrogen and oxygen atoms in total. The van der Waals surface area contributed by atoms with E-state index in [0.717, 1.165) is 12.1 Å². The molecule has 29 heavy (non-hydrogen) atoms. The first kappa shape index (κ1) is 22.8. The molecule has 1 unspecified atom stereocenters. The number of esters is 1. The molecule has 1 amide bonds. The number of carbonyl (C=O) groups excluding carboxylic acids is 2. The summed E-state index contributed by atoms with van der Waals surface area (Å²) in [6, 6.07) is 9.79. The Morgan fingerprint density at radius 1 is 1.10 bits per heavy atom. The summed E-state index contributed by atoms with van der Waals surface area (Å²) in [6.45, 7) is 2.55. The number of carbonyl (C=O) groups is 2. The minimum Gasteiger partial charge on any atom is -0.454 e. The number of anilines is 1. The van der Waals surface area contributed by atoms with Gasteiger partial charge in [0.1, 0.15) is 16.8 Å². The van der Waals surface area contributed by atoms with Crippen molar-refractivity contribution in [2.45, 2.75) is 24.8 Å². The Morgan fingerprint density at radius 2 is 1.72 bits per heavy atom. The third-order valence-electron chi connectivity index (χ3n) is 3.80. The Bertz CT molecular complexity index is 980. The fraction of sp³-hybridized carbons (Fsp3) is 0.263. The Kier molecular flexibility index (Phi) is 7.72. The van der Waals surface area contributed by atoms with Gasteiger partial charge in [0.25, 0.3) is 5.91 Å². The highest BCUT2D eigenvalue weighted by Crippen LogP contribution is 2.16. The van der Waals surface area contributed by atoms with E-state index in [1.54, 1.807) is 38.1 Å². The predicted octanol–water partition coefficient (Wildman–Crippen LogP) is 2.96. The molecule has 2 rings (SSSR count). The number of hydrogen-bond acceptors (Lipinski definition) is 5. The van der Waals surface area contributed by atoms with Crippen LogP contribution in [0.5, 0.6) is 0 Å². The van der Waals surface area contributed by atoms with Gasteiger partial charge in [-0.25, -0.2) is 12.8 Å². The van der Waals surface area contributed by atoms with Crippen LogP contribution in [-0.2, 0) is 24.3 Å². The summed E-state index contributed by atoms with van der Waals surface area (Å²) < 4.78 is 45.8. The van der Waals surface area contributed by atoms with Gasteiger partial charge in [-0.3, -0.25) is 9.59 Å². The molecule has 2 aromatic carbocycles. The van der Waals surface area contributed by atoms with Gasteiger partial charge < -0.3 is 10.1 Å². The molecule has 0 radical (unpaired) electrons. The van der Waals surface area contributed by atoms with Crippen molar-refractivity contribution in [2.75, 3.05) is 11.9 Å². The summed E-state index contributed by atoms with van der Waals surface area (Å²) >= 11 is 5.76. The van der Waals surface area contributed by atoms with E-state index in [-0.39, 0.29) is 0 Å². The van der Waals surface area contributed by atoms with E-state index < -0.39 is 51.2 Å². The van der Waals surface area contributed by atoms with E-state index in [0.29, 0.717) is 10.7 Å². The lowest BCUT2D eigenvalue weighted by Gasteiger charge is -2.21. The Balaban J connectivity index is 2.01. The highest BCUT2D eigenvalue weighted by Gasteiger charge is 2.31. The molecule has 0 saturated heterocycles. The van der Waals surface area contributed by atoms with Crippen LogP contribution in [0.1, 0.15) is 13.8 Å². The summed E-state index contributed by atoms with van der Waals surface area (Å²) in [5.41, 5.74) is 0.455. The van der Waals surface area contributed by atoms with Crippen LogP contribution in [0.3, 0.4) is 0 Å². The second kappa shape index (κ2) is 9.82. The first-order valence-corrected chi connectivity index (χ1v) is 10.4. The van der Waals surface area contributed by atoms with E-state index >= 15 is 0 Å². The van der Waals surface area contributed by atoms with E-state index in [4.69, 9.17) is 16.3 Å². The molecule has 0 spiro atoms. The van der Waals surface area contributed by atoms with E-state index in [1.807, 2.05) is 0 Å². The van der Waals surface area contributed by atoms with Gasteiger partial charge in [-0.15, -0.1) is 0 Å². The topological polar surface area (TPSA) is 102 Å². The standard InChI is InChI=1S/C19H20ClFN2O5S/c1-12(2)18(23-29(26,27)16-6-4-3-5-15(16)21)19(25)28-11-17(24)22-14-9-7-13(20)8-10-14/h3-10,12,18,23H,11H2,1-2H3,(H,22,24). The van der Waals surface area contributed by atoms with Crippen LogP contribution < -0.4 is 10.0 Å². The smallest absolute Gasteiger partial charge is 0.324 e.